The third-order valence-corrected chi connectivity index (χ3v) is 5.04. The van der Waals surface area contributed by atoms with Crippen LogP contribution in [0.5, 0.6) is 0 Å². The van der Waals surface area contributed by atoms with Crippen LogP contribution in [0.1, 0.15) is 60.5 Å². The molecular weight excluding hydrogens is 366 g/mol. The number of aromatic carboxylic acids is 1. The zero-order valence-corrected chi connectivity index (χ0v) is 17.1. The number of fused-ring (bicyclic) bond motifs is 1. The molecule has 5 heteroatoms. The minimum absolute atomic E-state index is 0.0860. The molecule has 0 spiro atoms. The van der Waals surface area contributed by atoms with E-state index in [0.717, 1.165) is 23.1 Å². The molecule has 0 fully saturated rings. The van der Waals surface area contributed by atoms with E-state index < -0.39 is 5.97 Å². The van der Waals surface area contributed by atoms with Crippen molar-refractivity contribution in [3.8, 4) is 0 Å². The van der Waals surface area contributed by atoms with Crippen molar-refractivity contribution in [1.29, 1.82) is 0 Å². The SMILES string of the molecule is C/C=C(\CC)c1cc(=O)c2cc(C)cc(C(C)Nc3ccccc3C(=O)O)c2o1. The molecule has 0 bridgehead atoms. The molecule has 0 saturated heterocycles. The Balaban J connectivity index is 2.15. The number of benzene rings is 2. The monoisotopic (exact) mass is 391 g/mol. The number of allylic oxidation sites excluding steroid dienone is 2. The third kappa shape index (κ3) is 4.09. The molecule has 0 aliphatic rings. The molecule has 0 aliphatic heterocycles. The van der Waals surface area contributed by atoms with Crippen LogP contribution in [0.25, 0.3) is 16.5 Å². The minimum atomic E-state index is -0.996. The van der Waals surface area contributed by atoms with Crippen molar-refractivity contribution in [3.05, 3.63) is 81.2 Å². The van der Waals surface area contributed by atoms with E-state index in [-0.39, 0.29) is 17.0 Å². The summed E-state index contributed by atoms with van der Waals surface area (Å²) in [6.07, 6.45) is 2.70. The fourth-order valence-corrected chi connectivity index (χ4v) is 3.54. The summed E-state index contributed by atoms with van der Waals surface area (Å²) >= 11 is 0. The second-order valence-corrected chi connectivity index (χ2v) is 7.09. The van der Waals surface area contributed by atoms with Crippen LogP contribution in [0, 0.1) is 6.92 Å². The van der Waals surface area contributed by atoms with Gasteiger partial charge in [0.1, 0.15) is 11.3 Å². The zero-order chi connectivity index (χ0) is 21.1. The second kappa shape index (κ2) is 8.35. The van der Waals surface area contributed by atoms with Crippen molar-refractivity contribution in [2.45, 2.75) is 40.2 Å². The number of carboxylic acids is 1. The van der Waals surface area contributed by atoms with Crippen LogP contribution < -0.4 is 10.7 Å². The van der Waals surface area contributed by atoms with Gasteiger partial charge in [-0.05, 0) is 56.5 Å². The van der Waals surface area contributed by atoms with Gasteiger partial charge in [-0.3, -0.25) is 4.79 Å². The molecule has 1 atom stereocenters. The van der Waals surface area contributed by atoms with E-state index in [1.165, 1.54) is 0 Å². The molecule has 2 aromatic carbocycles. The predicted molar refractivity (Wildman–Crippen MR) is 117 cm³/mol. The fraction of sp³-hybridized carbons (Fsp3) is 0.250. The molecule has 150 valence electrons. The Morgan fingerprint density at radius 3 is 2.62 bits per heavy atom. The molecule has 29 heavy (non-hydrogen) atoms. The molecule has 0 radical (unpaired) electrons. The largest absolute Gasteiger partial charge is 0.478 e. The Hall–Kier alpha value is -3.34. The van der Waals surface area contributed by atoms with E-state index in [1.54, 1.807) is 30.3 Å². The summed E-state index contributed by atoms with van der Waals surface area (Å²) in [4.78, 5) is 24.3. The minimum Gasteiger partial charge on any atom is -0.478 e. The lowest BCUT2D eigenvalue weighted by atomic mass is 10.00. The highest BCUT2D eigenvalue weighted by atomic mass is 16.4. The van der Waals surface area contributed by atoms with Gasteiger partial charge >= 0.3 is 5.97 Å². The van der Waals surface area contributed by atoms with Crippen molar-refractivity contribution in [2.75, 3.05) is 5.32 Å². The van der Waals surface area contributed by atoms with Crippen molar-refractivity contribution in [3.63, 3.8) is 0 Å². The lowest BCUT2D eigenvalue weighted by molar-refractivity contribution is 0.0698. The molecule has 3 aromatic rings. The van der Waals surface area contributed by atoms with Gasteiger partial charge < -0.3 is 14.8 Å². The zero-order valence-electron chi connectivity index (χ0n) is 17.1. The van der Waals surface area contributed by atoms with E-state index in [9.17, 15) is 14.7 Å². The normalized spacial score (nSPS) is 12.8. The van der Waals surface area contributed by atoms with Gasteiger partial charge in [0.2, 0.25) is 0 Å². The maximum absolute atomic E-state index is 12.8. The molecular formula is C24H25NO4. The standard InChI is InChI=1S/C24H25NO4/c1-5-16(6-2)22-13-21(26)19-12-14(3)11-18(23(19)29-22)15(4)25-20-10-8-7-9-17(20)24(27)28/h5,7-13,15,25H,6H2,1-4H3,(H,27,28)/b16-5+. The summed E-state index contributed by atoms with van der Waals surface area (Å²) in [7, 11) is 0. The lowest BCUT2D eigenvalue weighted by Crippen LogP contribution is -2.12. The van der Waals surface area contributed by atoms with Crippen molar-refractivity contribution in [1.82, 2.24) is 0 Å². The van der Waals surface area contributed by atoms with Crippen molar-refractivity contribution in [2.24, 2.45) is 0 Å². The summed E-state index contributed by atoms with van der Waals surface area (Å²) in [5, 5.41) is 13.2. The molecule has 3 rings (SSSR count). The van der Waals surface area contributed by atoms with Gasteiger partial charge in [-0.1, -0.05) is 31.2 Å². The first kappa shape index (κ1) is 20.4. The topological polar surface area (TPSA) is 79.5 Å². The van der Waals surface area contributed by atoms with E-state index in [1.807, 2.05) is 45.9 Å². The predicted octanol–water partition coefficient (Wildman–Crippen LogP) is 5.79. The van der Waals surface area contributed by atoms with Gasteiger partial charge in [0, 0.05) is 17.3 Å². The number of rotatable bonds is 6. The van der Waals surface area contributed by atoms with E-state index in [4.69, 9.17) is 4.42 Å². The maximum Gasteiger partial charge on any atom is 0.337 e. The highest BCUT2D eigenvalue weighted by Gasteiger charge is 2.18. The number of para-hydroxylation sites is 1. The number of aryl methyl sites for hydroxylation is 1. The summed E-state index contributed by atoms with van der Waals surface area (Å²) in [5.74, 6) is -0.431. The Morgan fingerprint density at radius 1 is 1.24 bits per heavy atom. The highest BCUT2D eigenvalue weighted by Crippen LogP contribution is 2.30. The molecule has 0 aliphatic carbocycles. The summed E-state index contributed by atoms with van der Waals surface area (Å²) in [5.41, 5.74) is 3.87. The van der Waals surface area contributed by atoms with Crippen LogP contribution in [-0.2, 0) is 0 Å². The van der Waals surface area contributed by atoms with Gasteiger partial charge in [-0.25, -0.2) is 4.79 Å². The average molecular weight is 391 g/mol. The Bertz CT molecular complexity index is 1160. The molecule has 1 unspecified atom stereocenters. The van der Waals surface area contributed by atoms with Gasteiger partial charge in [-0.15, -0.1) is 0 Å². The van der Waals surface area contributed by atoms with Crippen LogP contribution in [0.15, 0.2) is 57.8 Å². The Morgan fingerprint density at radius 2 is 1.97 bits per heavy atom. The first-order valence-electron chi connectivity index (χ1n) is 9.68. The molecule has 5 nitrogen and oxygen atoms in total. The second-order valence-electron chi connectivity index (χ2n) is 7.09. The number of hydrogen-bond acceptors (Lipinski definition) is 4. The molecule has 0 saturated carbocycles. The summed E-state index contributed by atoms with van der Waals surface area (Å²) in [6.45, 7) is 7.79. The fourth-order valence-electron chi connectivity index (χ4n) is 3.54. The quantitative estimate of drug-likeness (QED) is 0.556. The van der Waals surface area contributed by atoms with Crippen LogP contribution in [0.3, 0.4) is 0 Å². The van der Waals surface area contributed by atoms with Gasteiger partial charge in [0.25, 0.3) is 0 Å². The number of carbonyl (C=O) groups is 1. The average Bonchev–Trinajstić information content (AvgIpc) is 2.69. The summed E-state index contributed by atoms with van der Waals surface area (Å²) < 4.78 is 6.18. The van der Waals surface area contributed by atoms with E-state index in [2.05, 4.69) is 5.32 Å². The number of carboxylic acid groups (broad SMARTS) is 1. The van der Waals surface area contributed by atoms with Gasteiger partial charge in [-0.2, -0.15) is 0 Å². The van der Waals surface area contributed by atoms with Crippen LogP contribution >= 0.6 is 0 Å². The first-order chi connectivity index (χ1) is 13.8. The number of anilines is 1. The summed E-state index contributed by atoms with van der Waals surface area (Å²) in [6, 6.07) is 11.8. The Labute approximate surface area is 169 Å². The number of hydrogen-bond donors (Lipinski definition) is 2. The molecule has 1 heterocycles. The highest BCUT2D eigenvalue weighted by molar-refractivity contribution is 5.94. The van der Waals surface area contributed by atoms with E-state index in [0.29, 0.717) is 22.4 Å². The third-order valence-electron chi connectivity index (χ3n) is 5.04. The molecule has 0 amide bonds. The molecule has 2 N–H and O–H groups in total. The van der Waals surface area contributed by atoms with Crippen LogP contribution in [0.4, 0.5) is 5.69 Å². The van der Waals surface area contributed by atoms with Gasteiger partial charge in [0.05, 0.1) is 17.0 Å². The van der Waals surface area contributed by atoms with Crippen molar-refractivity contribution < 1.29 is 14.3 Å². The molecule has 1 aromatic heterocycles. The first-order valence-corrected chi connectivity index (χ1v) is 9.68. The van der Waals surface area contributed by atoms with Crippen LogP contribution in [-0.4, -0.2) is 11.1 Å². The lowest BCUT2D eigenvalue weighted by Gasteiger charge is -2.19. The van der Waals surface area contributed by atoms with Crippen molar-refractivity contribution >= 4 is 28.2 Å². The maximum atomic E-state index is 12.8. The van der Waals surface area contributed by atoms with Gasteiger partial charge in [0.15, 0.2) is 5.43 Å². The van der Waals surface area contributed by atoms with E-state index >= 15 is 0 Å². The Kier molecular flexibility index (Phi) is 5.87. The van der Waals surface area contributed by atoms with Crippen LogP contribution in [0.2, 0.25) is 0 Å². The smallest absolute Gasteiger partial charge is 0.337 e. The number of nitrogens with one attached hydrogen (secondary N) is 1.